The van der Waals surface area contributed by atoms with Crippen molar-refractivity contribution in [2.45, 2.75) is 203 Å². The number of ketones is 1. The maximum Gasteiger partial charge on any atom is 0.311 e. The van der Waals surface area contributed by atoms with E-state index in [2.05, 4.69) is 10.3 Å². The van der Waals surface area contributed by atoms with Crippen LogP contribution in [0, 0.1) is 23.7 Å². The molecule has 18 atom stereocenters. The number of aryl methyl sites for hydroxylation is 1. The summed E-state index contributed by atoms with van der Waals surface area (Å²) in [5.74, 6) is -4.22. The van der Waals surface area contributed by atoms with Gasteiger partial charge in [0.05, 0.1) is 64.8 Å². The number of likely N-dealkylation sites (N-methyl/N-ethyl adjacent to an activating group) is 1. The summed E-state index contributed by atoms with van der Waals surface area (Å²) in [5, 5.41) is 55.4. The van der Waals surface area contributed by atoms with Gasteiger partial charge in [0.1, 0.15) is 35.4 Å². The van der Waals surface area contributed by atoms with E-state index < -0.39 is 118 Å². The van der Waals surface area contributed by atoms with Crippen molar-refractivity contribution in [2.24, 2.45) is 23.7 Å². The van der Waals surface area contributed by atoms with Crippen molar-refractivity contribution in [3.8, 4) is 5.75 Å². The van der Waals surface area contributed by atoms with Gasteiger partial charge in [-0.3, -0.25) is 14.3 Å². The van der Waals surface area contributed by atoms with Gasteiger partial charge in [-0.1, -0.05) is 32.9 Å². The Morgan fingerprint density at radius 2 is 1.56 bits per heavy atom. The van der Waals surface area contributed by atoms with Gasteiger partial charge >= 0.3 is 5.97 Å². The molecule has 2 aromatic rings. The molecular weight excluding hydrogens is 957 g/mol. The summed E-state index contributed by atoms with van der Waals surface area (Å²) in [6, 6.07) is 5.84. The number of carbonyl (C=O) groups is 2. The maximum absolute atomic E-state index is 14.5. The molecular formula is C51H84N4O16S. The predicted molar refractivity (Wildman–Crippen MR) is 263 cm³/mol. The topological polar surface area (TPSA) is 257 Å². The summed E-state index contributed by atoms with van der Waals surface area (Å²) in [6.45, 7) is 18.4. The lowest BCUT2D eigenvalue weighted by atomic mass is 9.74. The van der Waals surface area contributed by atoms with Gasteiger partial charge in [-0.05, 0) is 92.1 Å². The smallest absolute Gasteiger partial charge is 0.311 e. The van der Waals surface area contributed by atoms with Crippen molar-refractivity contribution in [3.05, 3.63) is 36.2 Å². The minimum atomic E-state index is -3.30. The van der Waals surface area contributed by atoms with Gasteiger partial charge in [0.15, 0.2) is 22.4 Å². The number of carbonyl (C=O) groups excluding carboxylic acids is 2. The molecule has 4 heterocycles. The van der Waals surface area contributed by atoms with Crippen LogP contribution in [0.2, 0.25) is 0 Å². The van der Waals surface area contributed by atoms with Crippen molar-refractivity contribution in [3.63, 3.8) is 0 Å². The van der Waals surface area contributed by atoms with Crippen molar-refractivity contribution in [1.29, 1.82) is 0 Å². The van der Waals surface area contributed by atoms with Crippen LogP contribution < -0.4 is 4.74 Å². The minimum absolute atomic E-state index is 0.0562. The Morgan fingerprint density at radius 3 is 2.17 bits per heavy atom. The Bertz CT molecular complexity index is 2180. The van der Waals surface area contributed by atoms with Gasteiger partial charge in [-0.25, -0.2) is 8.42 Å². The zero-order valence-corrected chi connectivity index (χ0v) is 45.6. The highest BCUT2D eigenvalue weighted by atomic mass is 32.2. The third-order valence-electron chi connectivity index (χ3n) is 15.5. The first-order chi connectivity index (χ1) is 33.6. The SMILES string of the molecule is CC[C@H]1OC(=O)[C@H](C)[C@@H](O[C@H]2C[C@@](C)(OC)[C@@H](O)[C@H](C)O2)[C@H](C)[C@@H](O[C@H]2O[C@H](C)C[C@H](N(C)CCc3cn(CCCOc4ccc(S(C)(=O)=O)cc4)nn3)[C@H]2O)[C@](C)(OC)C[C@@H](C)C(=O)[C@@H](C)[C@@H](O)[C@]1(C)O. The molecule has 0 unspecified atom stereocenters. The first-order valence-electron chi connectivity index (χ1n) is 25.4. The number of esters is 1. The Kier molecular flexibility index (Phi) is 20.4. The van der Waals surface area contributed by atoms with E-state index in [1.165, 1.54) is 33.3 Å². The van der Waals surface area contributed by atoms with E-state index in [1.807, 2.05) is 32.0 Å². The van der Waals surface area contributed by atoms with Crippen LogP contribution in [-0.2, 0) is 65.5 Å². The van der Waals surface area contributed by atoms with E-state index >= 15 is 0 Å². The molecule has 3 fully saturated rings. The predicted octanol–water partition coefficient (Wildman–Crippen LogP) is 3.52. The highest BCUT2D eigenvalue weighted by Crippen LogP contribution is 2.42. The first-order valence-corrected chi connectivity index (χ1v) is 27.2. The summed E-state index contributed by atoms with van der Waals surface area (Å²) < 4.78 is 75.8. The lowest BCUT2D eigenvalue weighted by Gasteiger charge is -2.50. The van der Waals surface area contributed by atoms with Gasteiger partial charge in [0, 0.05) is 82.8 Å². The molecule has 0 spiro atoms. The average molecular weight is 1040 g/mol. The summed E-state index contributed by atoms with van der Waals surface area (Å²) in [7, 11) is 1.60. The lowest BCUT2D eigenvalue weighted by Crippen LogP contribution is -2.61. The Morgan fingerprint density at radius 1 is 0.903 bits per heavy atom. The number of nitrogens with zero attached hydrogens (tertiary/aromatic N) is 4. The molecule has 410 valence electrons. The quantitative estimate of drug-likeness (QED) is 0.131. The highest BCUT2D eigenvalue weighted by molar-refractivity contribution is 7.90. The molecule has 3 aliphatic rings. The number of hydrogen-bond acceptors (Lipinski definition) is 19. The molecule has 5 rings (SSSR count). The largest absolute Gasteiger partial charge is 0.494 e. The van der Waals surface area contributed by atoms with E-state index in [0.29, 0.717) is 44.7 Å². The molecule has 20 nitrogen and oxygen atoms in total. The molecule has 4 N–H and O–H groups in total. The Hall–Kier alpha value is -3.19. The van der Waals surface area contributed by atoms with Crippen LogP contribution in [0.25, 0.3) is 0 Å². The molecule has 3 saturated heterocycles. The molecule has 1 aromatic carbocycles. The average Bonchev–Trinajstić information content (AvgIpc) is 3.80. The highest BCUT2D eigenvalue weighted by Gasteiger charge is 2.54. The maximum atomic E-state index is 14.5. The molecule has 0 amide bonds. The molecule has 72 heavy (non-hydrogen) atoms. The zero-order chi connectivity index (χ0) is 53.7. The van der Waals surface area contributed by atoms with Gasteiger partial charge in [-0.2, -0.15) is 0 Å². The van der Waals surface area contributed by atoms with Crippen LogP contribution >= 0.6 is 0 Å². The number of benzene rings is 1. The Balaban J connectivity index is 1.39. The number of ether oxygens (including phenoxy) is 8. The lowest BCUT2D eigenvalue weighted by molar-refractivity contribution is -0.319. The monoisotopic (exact) mass is 1040 g/mol. The normalized spacial score (nSPS) is 38.8. The number of aliphatic hydroxyl groups is 4. The number of Topliss-reactive ketones (excluding diaryl/α,β-unsaturated/α-hetero) is 1. The van der Waals surface area contributed by atoms with Crippen LogP contribution in [0.15, 0.2) is 35.4 Å². The minimum Gasteiger partial charge on any atom is -0.494 e. The van der Waals surface area contributed by atoms with Crippen LogP contribution in [-0.4, -0.2) is 185 Å². The van der Waals surface area contributed by atoms with Crippen molar-refractivity contribution in [1.82, 2.24) is 19.9 Å². The molecule has 0 bridgehead atoms. The summed E-state index contributed by atoms with van der Waals surface area (Å²) >= 11 is 0. The molecule has 3 aliphatic heterocycles. The van der Waals surface area contributed by atoms with E-state index in [9.17, 15) is 38.4 Å². The number of cyclic esters (lactones) is 1. The standard InChI is InChI=1S/C51H84N4O16S/c1-15-39-51(10,61)44(58)31(4)41(56)29(2)26-50(9,65-13)46(32(5)43(33(6)47(60)69-39)70-40-27-49(8,64-12)45(59)34(7)68-40)71-48-42(57)38(25-30(3)67-48)54(11)23-21-35-28-55(53-52-35)22-16-24-66-36-17-19-37(20-18-36)72(14,62)63/h17-20,28-34,38-40,42-46,48,57-59,61H,15-16,21-27H2,1-14H3/t29-,30-,31-,32+,33-,34+,38+,39-,40+,42-,43+,44-,45+,46-,48-,49-,50-,51-/m1/s1. The fourth-order valence-electron chi connectivity index (χ4n) is 10.7. The molecule has 1 aromatic heterocycles. The number of aliphatic hydroxyl groups excluding tert-OH is 3. The zero-order valence-electron chi connectivity index (χ0n) is 44.8. The van der Waals surface area contributed by atoms with E-state index in [-0.39, 0.29) is 36.0 Å². The van der Waals surface area contributed by atoms with Gasteiger partial charge in [-0.15, -0.1) is 5.10 Å². The number of hydrogen-bond donors (Lipinski definition) is 4. The third-order valence-corrected chi connectivity index (χ3v) is 16.7. The summed E-state index contributed by atoms with van der Waals surface area (Å²) in [6.07, 6.45) is -5.55. The van der Waals surface area contributed by atoms with Crippen LogP contribution in [0.3, 0.4) is 0 Å². The number of methoxy groups -OCH3 is 2. The van der Waals surface area contributed by atoms with Crippen LogP contribution in [0.1, 0.15) is 107 Å². The van der Waals surface area contributed by atoms with Gasteiger partial charge in [0.2, 0.25) is 0 Å². The molecule has 0 radical (unpaired) electrons. The molecule has 0 aliphatic carbocycles. The van der Waals surface area contributed by atoms with E-state index in [1.54, 1.807) is 65.3 Å². The molecule has 0 saturated carbocycles. The van der Waals surface area contributed by atoms with Crippen molar-refractivity contribution >= 4 is 21.6 Å². The van der Waals surface area contributed by atoms with Gasteiger partial charge in [0.25, 0.3) is 0 Å². The summed E-state index contributed by atoms with van der Waals surface area (Å²) in [5.41, 5.74) is -3.67. The number of aromatic nitrogens is 3. The fourth-order valence-corrected chi connectivity index (χ4v) is 11.4. The second kappa shape index (κ2) is 24.7. The number of rotatable bonds is 17. The van der Waals surface area contributed by atoms with Crippen molar-refractivity contribution in [2.75, 3.05) is 40.7 Å². The first kappa shape index (κ1) is 59.7. The second-order valence-electron chi connectivity index (χ2n) is 21.3. The fraction of sp³-hybridized carbons (Fsp3) is 0.804. The Labute approximate surface area is 426 Å². The van der Waals surface area contributed by atoms with Crippen LogP contribution in [0.5, 0.6) is 5.75 Å². The van der Waals surface area contributed by atoms with E-state index in [0.717, 1.165) is 11.9 Å². The number of sulfone groups is 1. The van der Waals surface area contributed by atoms with E-state index in [4.69, 9.17) is 37.9 Å². The van der Waals surface area contributed by atoms with Crippen molar-refractivity contribution < 1.29 is 76.3 Å². The second-order valence-corrected chi connectivity index (χ2v) is 23.3. The summed E-state index contributed by atoms with van der Waals surface area (Å²) in [4.78, 5) is 31.0. The van der Waals surface area contributed by atoms with Gasteiger partial charge < -0.3 is 63.2 Å². The van der Waals surface area contributed by atoms with Crippen LogP contribution in [0.4, 0.5) is 0 Å². The third kappa shape index (κ3) is 14.0. The molecule has 21 heteroatoms.